The van der Waals surface area contributed by atoms with E-state index in [1.165, 1.54) is 10.7 Å². The highest BCUT2D eigenvalue weighted by Crippen LogP contribution is 2.19. The molecule has 0 aliphatic heterocycles. The Morgan fingerprint density at radius 2 is 1.88 bits per heavy atom. The summed E-state index contributed by atoms with van der Waals surface area (Å²) in [4.78, 5) is 10.3. The Kier molecular flexibility index (Phi) is 5.45. The van der Waals surface area contributed by atoms with E-state index in [9.17, 15) is 10.1 Å². The molecule has 2 N–H and O–H groups in total. The second-order valence-corrected chi connectivity index (χ2v) is 5.63. The standard InChI is InChI=1S/C18H19N5O3/c1-14-11-18(23(24)25)21-22(14)13-26-17-10-6-5-7-15(17)12-19-20-16-8-3-2-4-9-16/h2-11,19-20H,12-13H2,1H3. The van der Waals surface area contributed by atoms with Crippen molar-refractivity contribution in [3.63, 3.8) is 0 Å². The smallest absolute Gasteiger partial charge is 0.390 e. The van der Waals surface area contributed by atoms with E-state index in [4.69, 9.17) is 4.74 Å². The van der Waals surface area contributed by atoms with Gasteiger partial charge in [0.15, 0.2) is 0 Å². The number of hydrogen-bond acceptors (Lipinski definition) is 6. The van der Waals surface area contributed by atoms with Crippen molar-refractivity contribution < 1.29 is 9.66 Å². The van der Waals surface area contributed by atoms with Gasteiger partial charge in [0.05, 0.1) is 16.9 Å². The minimum absolute atomic E-state index is 0.100. The zero-order chi connectivity index (χ0) is 18.4. The van der Waals surface area contributed by atoms with Crippen LogP contribution in [0.3, 0.4) is 0 Å². The lowest BCUT2D eigenvalue weighted by Crippen LogP contribution is -2.21. The van der Waals surface area contributed by atoms with Crippen molar-refractivity contribution in [1.29, 1.82) is 0 Å². The van der Waals surface area contributed by atoms with Crippen molar-refractivity contribution in [1.82, 2.24) is 15.2 Å². The fourth-order valence-corrected chi connectivity index (χ4v) is 2.40. The molecule has 0 fully saturated rings. The number of hydrogen-bond donors (Lipinski definition) is 2. The number of para-hydroxylation sites is 2. The summed E-state index contributed by atoms with van der Waals surface area (Å²) in [7, 11) is 0. The lowest BCUT2D eigenvalue weighted by atomic mass is 10.2. The second kappa shape index (κ2) is 8.13. The van der Waals surface area contributed by atoms with Gasteiger partial charge in [0.2, 0.25) is 6.73 Å². The predicted octanol–water partition coefficient (Wildman–Crippen LogP) is 3.25. The number of anilines is 1. The van der Waals surface area contributed by atoms with Gasteiger partial charge in [-0.3, -0.25) is 0 Å². The number of aromatic nitrogens is 2. The summed E-state index contributed by atoms with van der Waals surface area (Å²) in [5.74, 6) is 0.500. The van der Waals surface area contributed by atoms with Crippen LogP contribution in [0.4, 0.5) is 11.5 Å². The summed E-state index contributed by atoms with van der Waals surface area (Å²) in [5, 5.41) is 14.7. The van der Waals surface area contributed by atoms with Crippen LogP contribution < -0.4 is 15.6 Å². The molecule has 8 nitrogen and oxygen atoms in total. The lowest BCUT2D eigenvalue weighted by Gasteiger charge is -2.13. The van der Waals surface area contributed by atoms with Gasteiger partial charge in [-0.1, -0.05) is 36.4 Å². The van der Waals surface area contributed by atoms with E-state index in [-0.39, 0.29) is 12.5 Å². The maximum Gasteiger partial charge on any atom is 0.390 e. The van der Waals surface area contributed by atoms with Crippen LogP contribution in [-0.4, -0.2) is 14.7 Å². The van der Waals surface area contributed by atoms with Crippen molar-refractivity contribution in [3.8, 4) is 5.75 Å². The van der Waals surface area contributed by atoms with Crippen LogP contribution in [0.5, 0.6) is 5.75 Å². The quantitative estimate of drug-likeness (QED) is 0.477. The van der Waals surface area contributed by atoms with E-state index in [1.807, 2.05) is 54.6 Å². The third-order valence-corrected chi connectivity index (χ3v) is 3.76. The Labute approximate surface area is 150 Å². The maximum absolute atomic E-state index is 10.8. The van der Waals surface area contributed by atoms with Gasteiger partial charge in [0.25, 0.3) is 0 Å². The molecule has 1 heterocycles. The average Bonchev–Trinajstić information content (AvgIpc) is 3.03. The van der Waals surface area contributed by atoms with E-state index in [0.29, 0.717) is 18.0 Å². The topological polar surface area (TPSA) is 94.2 Å². The lowest BCUT2D eigenvalue weighted by molar-refractivity contribution is -0.389. The normalized spacial score (nSPS) is 10.5. The highest BCUT2D eigenvalue weighted by molar-refractivity contribution is 5.41. The Bertz CT molecular complexity index is 880. The molecule has 1 aromatic heterocycles. The monoisotopic (exact) mass is 353 g/mol. The van der Waals surface area contributed by atoms with Gasteiger partial charge in [0.1, 0.15) is 5.75 Å². The molecule has 3 aromatic rings. The molecule has 3 rings (SSSR count). The molecule has 0 bridgehead atoms. The molecule has 0 aliphatic carbocycles. The van der Waals surface area contributed by atoms with E-state index in [0.717, 1.165) is 11.3 Å². The van der Waals surface area contributed by atoms with Crippen LogP contribution in [0.25, 0.3) is 0 Å². The van der Waals surface area contributed by atoms with E-state index < -0.39 is 4.92 Å². The summed E-state index contributed by atoms with van der Waals surface area (Å²) in [6, 6.07) is 18.8. The number of aryl methyl sites for hydroxylation is 1. The molecule has 0 radical (unpaired) electrons. The summed E-state index contributed by atoms with van der Waals surface area (Å²) in [5.41, 5.74) is 8.85. The molecule has 0 atom stereocenters. The van der Waals surface area contributed by atoms with Gasteiger partial charge >= 0.3 is 5.82 Å². The number of nitro groups is 1. The third kappa shape index (κ3) is 4.37. The van der Waals surface area contributed by atoms with Gasteiger partial charge < -0.3 is 20.3 Å². The van der Waals surface area contributed by atoms with Gasteiger partial charge in [-0.05, 0) is 30.0 Å². The molecule has 0 aliphatic rings. The number of nitrogens with one attached hydrogen (secondary N) is 2. The van der Waals surface area contributed by atoms with Gasteiger partial charge in [-0.25, -0.2) is 5.43 Å². The minimum atomic E-state index is -0.517. The second-order valence-electron chi connectivity index (χ2n) is 5.63. The Balaban J connectivity index is 1.61. The molecule has 0 saturated carbocycles. The molecular formula is C18H19N5O3. The summed E-state index contributed by atoms with van der Waals surface area (Å²) < 4.78 is 7.27. The molecule has 0 unspecified atom stereocenters. The Morgan fingerprint density at radius 3 is 2.62 bits per heavy atom. The first-order valence-electron chi connectivity index (χ1n) is 8.07. The zero-order valence-corrected chi connectivity index (χ0v) is 14.3. The molecule has 0 saturated heterocycles. The molecule has 8 heteroatoms. The van der Waals surface area contributed by atoms with E-state index in [2.05, 4.69) is 16.0 Å². The van der Waals surface area contributed by atoms with Crippen LogP contribution in [0, 0.1) is 17.0 Å². The number of ether oxygens (including phenoxy) is 1. The SMILES string of the molecule is Cc1cc([N+](=O)[O-])nn1COc1ccccc1CNNc1ccccc1. The number of benzene rings is 2. The summed E-state index contributed by atoms with van der Waals surface area (Å²) >= 11 is 0. The van der Waals surface area contributed by atoms with Crippen molar-refractivity contribution in [3.05, 3.63) is 82.0 Å². The fraction of sp³-hybridized carbons (Fsp3) is 0.167. The highest BCUT2D eigenvalue weighted by atomic mass is 16.6. The highest BCUT2D eigenvalue weighted by Gasteiger charge is 2.15. The third-order valence-electron chi connectivity index (χ3n) is 3.76. The molecular weight excluding hydrogens is 334 g/mol. The van der Waals surface area contributed by atoms with E-state index >= 15 is 0 Å². The number of nitrogens with zero attached hydrogens (tertiary/aromatic N) is 3. The first-order valence-corrected chi connectivity index (χ1v) is 8.07. The molecule has 2 aromatic carbocycles. The van der Waals surface area contributed by atoms with Crippen molar-refractivity contribution >= 4 is 11.5 Å². The maximum atomic E-state index is 10.8. The largest absolute Gasteiger partial charge is 0.469 e. The molecule has 0 spiro atoms. The van der Waals surface area contributed by atoms with Crippen LogP contribution in [0.15, 0.2) is 60.7 Å². The van der Waals surface area contributed by atoms with Crippen LogP contribution in [-0.2, 0) is 13.3 Å². The number of rotatable bonds is 8. The first-order chi connectivity index (χ1) is 12.6. The molecule has 0 amide bonds. The van der Waals surface area contributed by atoms with Gasteiger partial charge in [-0.15, -0.1) is 4.68 Å². The number of hydrazine groups is 1. The Hall–Kier alpha value is -3.39. The molecule has 26 heavy (non-hydrogen) atoms. The van der Waals surface area contributed by atoms with Gasteiger partial charge in [0, 0.05) is 17.8 Å². The summed E-state index contributed by atoms with van der Waals surface area (Å²) in [6.07, 6.45) is 0. The molecule has 134 valence electrons. The first kappa shape index (κ1) is 17.4. The predicted molar refractivity (Wildman–Crippen MR) is 97.6 cm³/mol. The van der Waals surface area contributed by atoms with Crippen LogP contribution in [0.2, 0.25) is 0 Å². The van der Waals surface area contributed by atoms with Crippen molar-refractivity contribution in [2.24, 2.45) is 0 Å². The Morgan fingerprint density at radius 1 is 1.15 bits per heavy atom. The average molecular weight is 353 g/mol. The van der Waals surface area contributed by atoms with Crippen LogP contribution in [0.1, 0.15) is 11.3 Å². The van der Waals surface area contributed by atoms with Crippen molar-refractivity contribution in [2.75, 3.05) is 5.43 Å². The summed E-state index contributed by atoms with van der Waals surface area (Å²) in [6.45, 7) is 2.40. The van der Waals surface area contributed by atoms with Crippen LogP contribution >= 0.6 is 0 Å². The minimum Gasteiger partial charge on any atom is -0.469 e. The fourth-order valence-electron chi connectivity index (χ4n) is 2.40. The van der Waals surface area contributed by atoms with E-state index in [1.54, 1.807) is 6.92 Å². The van der Waals surface area contributed by atoms with Crippen molar-refractivity contribution in [2.45, 2.75) is 20.2 Å². The van der Waals surface area contributed by atoms with Gasteiger partial charge in [-0.2, -0.15) is 0 Å². The zero-order valence-electron chi connectivity index (χ0n) is 14.3.